The summed E-state index contributed by atoms with van der Waals surface area (Å²) in [6.45, 7) is 8.33. The third-order valence-electron chi connectivity index (χ3n) is 2.71. The van der Waals surface area contributed by atoms with Crippen molar-refractivity contribution >= 4 is 0 Å². The Kier molecular flexibility index (Phi) is 5.48. The maximum atomic E-state index is 5.33. The van der Waals surface area contributed by atoms with Gasteiger partial charge in [0.15, 0.2) is 11.5 Å². The molecular formula is C15H25NO3. The van der Waals surface area contributed by atoms with E-state index in [-0.39, 0.29) is 5.41 Å². The molecule has 0 aliphatic heterocycles. The average Bonchev–Trinajstić information content (AvgIpc) is 2.35. The lowest BCUT2D eigenvalue weighted by Gasteiger charge is -2.19. The van der Waals surface area contributed by atoms with Crippen LogP contribution in [0.4, 0.5) is 0 Å². The first-order chi connectivity index (χ1) is 8.91. The van der Waals surface area contributed by atoms with Gasteiger partial charge in [-0.2, -0.15) is 0 Å². The molecule has 0 atom stereocenters. The third kappa shape index (κ3) is 4.63. The summed E-state index contributed by atoms with van der Waals surface area (Å²) in [7, 11) is 4.87. The van der Waals surface area contributed by atoms with E-state index in [0.29, 0.717) is 17.2 Å². The van der Waals surface area contributed by atoms with Crippen LogP contribution in [-0.2, 0) is 6.54 Å². The van der Waals surface area contributed by atoms with Crippen molar-refractivity contribution in [3.05, 3.63) is 17.7 Å². The Bertz CT molecular complexity index is 385. The predicted molar refractivity (Wildman–Crippen MR) is 77.3 cm³/mol. The number of methoxy groups -OCH3 is 3. The number of nitrogens with one attached hydrogen (secondary N) is 1. The maximum Gasteiger partial charge on any atom is 0.203 e. The van der Waals surface area contributed by atoms with Crippen LogP contribution in [0.5, 0.6) is 17.2 Å². The number of benzene rings is 1. The van der Waals surface area contributed by atoms with E-state index in [0.717, 1.165) is 18.7 Å². The van der Waals surface area contributed by atoms with Crippen molar-refractivity contribution in [3.8, 4) is 17.2 Å². The van der Waals surface area contributed by atoms with Crippen LogP contribution in [0.25, 0.3) is 0 Å². The fourth-order valence-electron chi connectivity index (χ4n) is 1.82. The van der Waals surface area contributed by atoms with Crippen molar-refractivity contribution in [1.82, 2.24) is 5.32 Å². The van der Waals surface area contributed by atoms with Gasteiger partial charge in [-0.15, -0.1) is 0 Å². The normalized spacial score (nSPS) is 11.3. The smallest absolute Gasteiger partial charge is 0.203 e. The van der Waals surface area contributed by atoms with E-state index in [9.17, 15) is 0 Å². The number of hydrogen-bond donors (Lipinski definition) is 1. The first-order valence-electron chi connectivity index (χ1n) is 6.41. The van der Waals surface area contributed by atoms with Crippen LogP contribution in [0.15, 0.2) is 12.1 Å². The molecule has 1 N–H and O–H groups in total. The first kappa shape index (κ1) is 15.6. The van der Waals surface area contributed by atoms with E-state index in [1.807, 2.05) is 12.1 Å². The fourth-order valence-corrected chi connectivity index (χ4v) is 1.82. The lowest BCUT2D eigenvalue weighted by atomic mass is 9.97. The molecule has 0 spiro atoms. The fraction of sp³-hybridized carbons (Fsp3) is 0.600. The van der Waals surface area contributed by atoms with Crippen LogP contribution < -0.4 is 19.5 Å². The highest BCUT2D eigenvalue weighted by molar-refractivity contribution is 5.53. The molecule has 0 bridgehead atoms. The summed E-state index contributed by atoms with van der Waals surface area (Å²) in [5, 5.41) is 3.43. The molecule has 0 radical (unpaired) electrons. The first-order valence-corrected chi connectivity index (χ1v) is 6.41. The lowest BCUT2D eigenvalue weighted by Crippen LogP contribution is -2.26. The minimum Gasteiger partial charge on any atom is -0.493 e. The van der Waals surface area contributed by atoms with E-state index >= 15 is 0 Å². The van der Waals surface area contributed by atoms with Gasteiger partial charge in [-0.25, -0.2) is 0 Å². The van der Waals surface area contributed by atoms with Gasteiger partial charge >= 0.3 is 0 Å². The average molecular weight is 267 g/mol. The van der Waals surface area contributed by atoms with E-state index in [1.54, 1.807) is 21.3 Å². The molecule has 0 aliphatic carbocycles. The summed E-state index contributed by atoms with van der Waals surface area (Å²) < 4.78 is 16.0. The van der Waals surface area contributed by atoms with Crippen LogP contribution in [0.3, 0.4) is 0 Å². The molecule has 0 fully saturated rings. The Morgan fingerprint density at radius 2 is 1.47 bits per heavy atom. The van der Waals surface area contributed by atoms with Crippen molar-refractivity contribution < 1.29 is 14.2 Å². The van der Waals surface area contributed by atoms with Crippen LogP contribution in [0.2, 0.25) is 0 Å². The zero-order valence-electron chi connectivity index (χ0n) is 12.8. The van der Waals surface area contributed by atoms with Gasteiger partial charge in [0.05, 0.1) is 21.3 Å². The minimum absolute atomic E-state index is 0.265. The Morgan fingerprint density at radius 1 is 0.947 bits per heavy atom. The summed E-state index contributed by atoms with van der Waals surface area (Å²) >= 11 is 0. The van der Waals surface area contributed by atoms with E-state index in [1.165, 1.54) is 0 Å². The second-order valence-corrected chi connectivity index (χ2v) is 5.70. The van der Waals surface area contributed by atoms with Gasteiger partial charge in [0.2, 0.25) is 5.75 Å². The molecule has 0 aromatic heterocycles. The molecule has 0 amide bonds. The zero-order chi connectivity index (χ0) is 14.5. The Hall–Kier alpha value is -1.42. The molecule has 0 aliphatic rings. The van der Waals surface area contributed by atoms with Crippen molar-refractivity contribution in [2.75, 3.05) is 27.9 Å². The van der Waals surface area contributed by atoms with Gasteiger partial charge in [-0.05, 0) is 23.1 Å². The molecule has 19 heavy (non-hydrogen) atoms. The molecular weight excluding hydrogens is 242 g/mol. The summed E-state index contributed by atoms with van der Waals surface area (Å²) in [6.07, 6.45) is 0. The van der Waals surface area contributed by atoms with Crippen molar-refractivity contribution in [1.29, 1.82) is 0 Å². The molecule has 0 saturated carbocycles. The second-order valence-electron chi connectivity index (χ2n) is 5.70. The predicted octanol–water partition coefficient (Wildman–Crippen LogP) is 2.85. The third-order valence-corrected chi connectivity index (χ3v) is 2.71. The summed E-state index contributed by atoms with van der Waals surface area (Å²) in [4.78, 5) is 0. The van der Waals surface area contributed by atoms with E-state index in [2.05, 4.69) is 26.1 Å². The molecule has 1 aromatic rings. The molecule has 0 heterocycles. The van der Waals surface area contributed by atoms with Crippen LogP contribution >= 0.6 is 0 Å². The maximum absolute atomic E-state index is 5.33. The monoisotopic (exact) mass is 267 g/mol. The topological polar surface area (TPSA) is 39.7 Å². The summed E-state index contributed by atoms with van der Waals surface area (Å²) in [5.74, 6) is 2.01. The Morgan fingerprint density at radius 3 is 1.84 bits per heavy atom. The highest BCUT2D eigenvalue weighted by Crippen LogP contribution is 2.38. The molecule has 4 heteroatoms. The van der Waals surface area contributed by atoms with Crippen LogP contribution in [0.1, 0.15) is 26.3 Å². The van der Waals surface area contributed by atoms with Crippen LogP contribution in [0, 0.1) is 5.41 Å². The van der Waals surface area contributed by atoms with Gasteiger partial charge in [0.1, 0.15) is 0 Å². The van der Waals surface area contributed by atoms with Gasteiger partial charge in [0.25, 0.3) is 0 Å². The van der Waals surface area contributed by atoms with Crippen molar-refractivity contribution in [2.24, 2.45) is 5.41 Å². The van der Waals surface area contributed by atoms with Gasteiger partial charge in [0, 0.05) is 13.1 Å². The molecule has 108 valence electrons. The number of hydrogen-bond acceptors (Lipinski definition) is 4. The van der Waals surface area contributed by atoms with E-state index in [4.69, 9.17) is 14.2 Å². The van der Waals surface area contributed by atoms with Gasteiger partial charge in [-0.1, -0.05) is 20.8 Å². The molecule has 1 rings (SSSR count). The largest absolute Gasteiger partial charge is 0.493 e. The second kappa shape index (κ2) is 6.66. The van der Waals surface area contributed by atoms with E-state index < -0.39 is 0 Å². The molecule has 0 saturated heterocycles. The quantitative estimate of drug-likeness (QED) is 0.860. The van der Waals surface area contributed by atoms with Crippen molar-refractivity contribution in [2.45, 2.75) is 27.3 Å². The molecule has 0 unspecified atom stereocenters. The Balaban J connectivity index is 2.85. The van der Waals surface area contributed by atoms with Gasteiger partial charge in [-0.3, -0.25) is 0 Å². The summed E-state index contributed by atoms with van der Waals surface area (Å²) in [6, 6.07) is 3.94. The van der Waals surface area contributed by atoms with Crippen LogP contribution in [-0.4, -0.2) is 27.9 Å². The standard InChI is InChI=1S/C15H25NO3/c1-15(2,3)10-16-9-11-7-12(17-4)14(19-6)13(8-11)18-5/h7-8,16H,9-10H2,1-6H3. The molecule has 1 aromatic carbocycles. The van der Waals surface area contributed by atoms with Crippen molar-refractivity contribution in [3.63, 3.8) is 0 Å². The van der Waals surface area contributed by atoms with Gasteiger partial charge < -0.3 is 19.5 Å². The minimum atomic E-state index is 0.265. The SMILES string of the molecule is COc1cc(CNCC(C)(C)C)cc(OC)c1OC. The number of ether oxygens (including phenoxy) is 3. The zero-order valence-corrected chi connectivity index (χ0v) is 12.8. The number of rotatable bonds is 6. The lowest BCUT2D eigenvalue weighted by molar-refractivity contribution is 0.323. The Labute approximate surface area is 116 Å². The molecule has 4 nitrogen and oxygen atoms in total. The highest BCUT2D eigenvalue weighted by atomic mass is 16.5. The highest BCUT2D eigenvalue weighted by Gasteiger charge is 2.14. The summed E-state index contributed by atoms with van der Waals surface area (Å²) in [5.41, 5.74) is 1.37.